The summed E-state index contributed by atoms with van der Waals surface area (Å²) in [5, 5.41) is 0. The van der Waals surface area contributed by atoms with E-state index < -0.39 is 11.9 Å². The molecule has 90 valence electrons. The van der Waals surface area contributed by atoms with Crippen LogP contribution >= 0.6 is 0 Å². The lowest BCUT2D eigenvalue weighted by Gasteiger charge is -2.02. The van der Waals surface area contributed by atoms with Crippen LogP contribution in [-0.2, 0) is 19.1 Å². The molecule has 5 nitrogen and oxygen atoms in total. The van der Waals surface area contributed by atoms with Crippen LogP contribution < -0.4 is 0 Å². The predicted molar refractivity (Wildman–Crippen MR) is 60.1 cm³/mol. The minimum atomic E-state index is -0.570. The van der Waals surface area contributed by atoms with Crippen LogP contribution in [-0.4, -0.2) is 32.4 Å². The van der Waals surface area contributed by atoms with Gasteiger partial charge >= 0.3 is 11.9 Å². The monoisotopic (exact) mass is 227 g/mol. The van der Waals surface area contributed by atoms with Crippen LogP contribution in [0.2, 0.25) is 0 Å². The van der Waals surface area contributed by atoms with E-state index >= 15 is 0 Å². The highest BCUT2D eigenvalue weighted by Gasteiger charge is 2.14. The van der Waals surface area contributed by atoms with Gasteiger partial charge in [0.2, 0.25) is 0 Å². The van der Waals surface area contributed by atoms with Crippen molar-refractivity contribution in [1.29, 1.82) is 0 Å². The average Bonchev–Trinajstić information content (AvgIpc) is 2.31. The van der Waals surface area contributed by atoms with Crippen LogP contribution in [0.5, 0.6) is 0 Å². The van der Waals surface area contributed by atoms with Gasteiger partial charge in [0.15, 0.2) is 0 Å². The summed E-state index contributed by atoms with van der Waals surface area (Å²) in [5.74, 6) is -1.07. The van der Waals surface area contributed by atoms with Crippen LogP contribution in [0, 0.1) is 0 Å². The largest absolute Gasteiger partial charge is 0.469 e. The van der Waals surface area contributed by atoms with Crippen molar-refractivity contribution in [2.75, 3.05) is 14.2 Å². The number of hydrogen-bond acceptors (Lipinski definition) is 5. The van der Waals surface area contributed by atoms with E-state index in [4.69, 9.17) is 0 Å². The standard InChI is InChI=1S/C11H17NO4/c1-4-5-6-12-8-9(11(14)16-3)7-10(13)15-2/h6,8H,4-5,7H2,1-3H3/b9-8+,12-6?. The Kier molecular flexibility index (Phi) is 7.75. The van der Waals surface area contributed by atoms with Crippen molar-refractivity contribution < 1.29 is 19.1 Å². The summed E-state index contributed by atoms with van der Waals surface area (Å²) in [7, 11) is 2.51. The first-order chi connectivity index (χ1) is 7.65. The van der Waals surface area contributed by atoms with Gasteiger partial charge in [0, 0.05) is 12.4 Å². The van der Waals surface area contributed by atoms with Crippen LogP contribution in [0.25, 0.3) is 0 Å². The van der Waals surface area contributed by atoms with Crippen LogP contribution in [0.3, 0.4) is 0 Å². The first-order valence-electron chi connectivity index (χ1n) is 5.01. The van der Waals surface area contributed by atoms with Crippen LogP contribution in [0.15, 0.2) is 16.8 Å². The second kappa shape index (κ2) is 8.64. The molecule has 0 amide bonds. The summed E-state index contributed by atoms with van der Waals surface area (Å²) in [6.45, 7) is 2.02. The Balaban J connectivity index is 4.53. The zero-order valence-electron chi connectivity index (χ0n) is 9.86. The van der Waals surface area contributed by atoms with Crippen molar-refractivity contribution in [1.82, 2.24) is 0 Å². The maximum atomic E-state index is 11.3. The minimum absolute atomic E-state index is 0.132. The van der Waals surface area contributed by atoms with Crippen molar-refractivity contribution in [2.24, 2.45) is 4.99 Å². The fraction of sp³-hybridized carbons (Fsp3) is 0.545. The molecule has 0 fully saturated rings. The molecule has 0 saturated heterocycles. The average molecular weight is 227 g/mol. The molecule has 0 atom stereocenters. The van der Waals surface area contributed by atoms with Crippen molar-refractivity contribution in [3.63, 3.8) is 0 Å². The van der Waals surface area contributed by atoms with Crippen molar-refractivity contribution in [3.8, 4) is 0 Å². The number of ether oxygens (including phenoxy) is 2. The Morgan fingerprint density at radius 3 is 2.44 bits per heavy atom. The molecule has 0 aliphatic heterocycles. The highest BCUT2D eigenvalue weighted by atomic mass is 16.5. The smallest absolute Gasteiger partial charge is 0.335 e. The summed E-state index contributed by atoms with van der Waals surface area (Å²) in [4.78, 5) is 26.2. The maximum Gasteiger partial charge on any atom is 0.335 e. The summed E-state index contributed by atoms with van der Waals surface area (Å²) >= 11 is 0. The Hall–Kier alpha value is -1.65. The molecule has 0 aromatic heterocycles. The molecular weight excluding hydrogens is 210 g/mol. The summed E-state index contributed by atoms with van der Waals surface area (Å²) in [6.07, 6.45) is 4.68. The van der Waals surface area contributed by atoms with Gasteiger partial charge in [-0.2, -0.15) is 0 Å². The molecule has 0 heterocycles. The molecule has 0 aromatic rings. The highest BCUT2D eigenvalue weighted by molar-refractivity contribution is 5.93. The Bertz CT molecular complexity index is 294. The first-order valence-corrected chi connectivity index (χ1v) is 5.01. The normalized spacial score (nSPS) is 11.6. The summed E-state index contributed by atoms with van der Waals surface area (Å²) in [5.41, 5.74) is 0.182. The second-order valence-electron chi connectivity index (χ2n) is 3.02. The third-order valence-electron chi connectivity index (χ3n) is 1.76. The topological polar surface area (TPSA) is 65.0 Å². The van der Waals surface area contributed by atoms with E-state index in [1.807, 2.05) is 6.92 Å². The quantitative estimate of drug-likeness (QED) is 0.391. The molecule has 0 bridgehead atoms. The first kappa shape index (κ1) is 14.3. The lowest BCUT2D eigenvalue weighted by atomic mass is 10.2. The Morgan fingerprint density at radius 2 is 1.94 bits per heavy atom. The van der Waals surface area contributed by atoms with Crippen molar-refractivity contribution >= 4 is 18.2 Å². The number of methoxy groups -OCH3 is 2. The fourth-order valence-corrected chi connectivity index (χ4v) is 0.876. The van der Waals surface area contributed by atoms with E-state index in [1.165, 1.54) is 20.4 Å². The molecule has 0 unspecified atom stereocenters. The van der Waals surface area contributed by atoms with Crippen molar-refractivity contribution in [3.05, 3.63) is 11.8 Å². The highest BCUT2D eigenvalue weighted by Crippen LogP contribution is 2.05. The molecule has 0 N–H and O–H groups in total. The number of rotatable bonds is 6. The number of aliphatic imine (C=N–C) groups is 1. The third kappa shape index (κ3) is 5.95. The van der Waals surface area contributed by atoms with Crippen molar-refractivity contribution in [2.45, 2.75) is 26.2 Å². The van der Waals surface area contributed by atoms with Gasteiger partial charge in [-0.05, 0) is 6.42 Å². The number of hydrogen-bond donors (Lipinski definition) is 0. The van der Waals surface area contributed by atoms with E-state index in [0.717, 1.165) is 12.8 Å². The number of carbonyl (C=O) groups excluding carboxylic acids is 2. The predicted octanol–water partition coefficient (Wildman–Crippen LogP) is 1.48. The van der Waals surface area contributed by atoms with E-state index in [-0.39, 0.29) is 12.0 Å². The number of unbranched alkanes of at least 4 members (excludes halogenated alkanes) is 1. The lowest BCUT2D eigenvalue weighted by Crippen LogP contribution is -2.10. The van der Waals surface area contributed by atoms with E-state index in [2.05, 4.69) is 14.5 Å². The zero-order valence-corrected chi connectivity index (χ0v) is 9.86. The SMILES string of the molecule is CCCC=N/C=C(\CC(=O)OC)C(=O)OC. The molecule has 0 aliphatic rings. The molecule has 0 radical (unpaired) electrons. The number of carbonyl (C=O) groups is 2. The molecule has 5 heteroatoms. The minimum Gasteiger partial charge on any atom is -0.469 e. The van der Waals surface area contributed by atoms with Gasteiger partial charge in [0.1, 0.15) is 0 Å². The van der Waals surface area contributed by atoms with Gasteiger partial charge in [-0.25, -0.2) is 4.79 Å². The molecule has 0 aromatic carbocycles. The molecule has 16 heavy (non-hydrogen) atoms. The summed E-state index contributed by atoms with van der Waals surface area (Å²) in [6, 6.07) is 0. The van der Waals surface area contributed by atoms with Gasteiger partial charge in [0.25, 0.3) is 0 Å². The van der Waals surface area contributed by atoms with Gasteiger partial charge in [-0.15, -0.1) is 0 Å². The number of nitrogens with zero attached hydrogens (tertiary/aromatic N) is 1. The van der Waals surface area contributed by atoms with Crippen LogP contribution in [0.4, 0.5) is 0 Å². The molecule has 0 saturated carbocycles. The molecule has 0 spiro atoms. The Labute approximate surface area is 95.1 Å². The van der Waals surface area contributed by atoms with Gasteiger partial charge in [-0.3, -0.25) is 9.79 Å². The maximum absolute atomic E-state index is 11.3. The van der Waals surface area contributed by atoms with Gasteiger partial charge in [0.05, 0.1) is 26.2 Å². The number of esters is 2. The fourth-order valence-electron chi connectivity index (χ4n) is 0.876. The zero-order chi connectivity index (χ0) is 12.4. The lowest BCUT2D eigenvalue weighted by molar-refractivity contribution is -0.143. The van der Waals surface area contributed by atoms with Crippen LogP contribution in [0.1, 0.15) is 26.2 Å². The van der Waals surface area contributed by atoms with E-state index in [0.29, 0.717) is 0 Å². The van der Waals surface area contributed by atoms with Gasteiger partial charge in [-0.1, -0.05) is 13.3 Å². The van der Waals surface area contributed by atoms with Gasteiger partial charge < -0.3 is 9.47 Å². The molecule has 0 aliphatic carbocycles. The molecule has 0 rings (SSSR count). The van der Waals surface area contributed by atoms with E-state index in [9.17, 15) is 9.59 Å². The molecular formula is C11H17NO4. The summed E-state index contributed by atoms with van der Waals surface area (Å²) < 4.78 is 8.99. The van der Waals surface area contributed by atoms with E-state index in [1.54, 1.807) is 6.21 Å². The second-order valence-corrected chi connectivity index (χ2v) is 3.02. The Morgan fingerprint density at radius 1 is 1.25 bits per heavy atom. The third-order valence-corrected chi connectivity index (χ3v) is 1.76.